The molecule has 0 radical (unpaired) electrons. The van der Waals surface area contributed by atoms with E-state index in [-0.39, 0.29) is 30.4 Å². The summed E-state index contributed by atoms with van der Waals surface area (Å²) in [6.07, 6.45) is 3.00. The number of hydrogen-bond acceptors (Lipinski definition) is 3. The summed E-state index contributed by atoms with van der Waals surface area (Å²) in [5.74, 6) is -0.930. The first kappa shape index (κ1) is 15.5. The van der Waals surface area contributed by atoms with E-state index in [1.165, 1.54) is 18.5 Å². The number of aromatic carboxylic acids is 1. The van der Waals surface area contributed by atoms with Crippen LogP contribution in [0.15, 0.2) is 18.5 Å². The van der Waals surface area contributed by atoms with E-state index in [1.54, 1.807) is 19.0 Å². The van der Waals surface area contributed by atoms with Gasteiger partial charge in [-0.15, -0.1) is 24.8 Å². The van der Waals surface area contributed by atoms with Crippen LogP contribution in [-0.4, -0.2) is 30.2 Å². The highest BCUT2D eigenvalue weighted by Gasteiger charge is 2.09. The Balaban J connectivity index is 0. The highest BCUT2D eigenvalue weighted by Crippen LogP contribution is 2.15. The lowest BCUT2D eigenvalue weighted by Gasteiger charge is -2.13. The molecule has 0 fully saturated rings. The Morgan fingerprint density at radius 1 is 1.43 bits per heavy atom. The van der Waals surface area contributed by atoms with Crippen molar-refractivity contribution in [2.75, 3.05) is 19.0 Å². The Hall–Kier alpha value is -1.00. The van der Waals surface area contributed by atoms with Crippen molar-refractivity contribution < 1.29 is 9.90 Å². The van der Waals surface area contributed by atoms with Crippen LogP contribution in [0.4, 0.5) is 5.69 Å². The van der Waals surface area contributed by atoms with Crippen molar-refractivity contribution in [2.24, 2.45) is 0 Å². The van der Waals surface area contributed by atoms with Crippen LogP contribution in [-0.2, 0) is 0 Å². The molecule has 1 rings (SSSR count). The van der Waals surface area contributed by atoms with E-state index in [0.29, 0.717) is 5.69 Å². The van der Waals surface area contributed by atoms with Crippen molar-refractivity contribution >= 4 is 36.5 Å². The third-order valence-electron chi connectivity index (χ3n) is 1.51. The van der Waals surface area contributed by atoms with Gasteiger partial charge in [0.2, 0.25) is 0 Å². The average Bonchev–Trinajstić information content (AvgIpc) is 2.04. The summed E-state index contributed by atoms with van der Waals surface area (Å²) in [7, 11) is 3.56. The highest BCUT2D eigenvalue weighted by molar-refractivity contribution is 5.93. The van der Waals surface area contributed by atoms with Crippen LogP contribution >= 0.6 is 24.8 Å². The van der Waals surface area contributed by atoms with Crippen LogP contribution in [0.2, 0.25) is 0 Å². The fourth-order valence-electron chi connectivity index (χ4n) is 0.923. The summed E-state index contributed by atoms with van der Waals surface area (Å²) in [5.41, 5.74) is 0.889. The minimum atomic E-state index is -0.930. The normalized spacial score (nSPS) is 8.14. The van der Waals surface area contributed by atoms with E-state index < -0.39 is 5.97 Å². The lowest BCUT2D eigenvalue weighted by molar-refractivity contribution is 0.0697. The maximum absolute atomic E-state index is 10.7. The van der Waals surface area contributed by atoms with Gasteiger partial charge in [0.05, 0.1) is 17.4 Å². The van der Waals surface area contributed by atoms with Crippen LogP contribution in [0.5, 0.6) is 0 Å². The molecule has 1 heterocycles. The zero-order chi connectivity index (χ0) is 9.14. The largest absolute Gasteiger partial charge is 0.478 e. The van der Waals surface area contributed by atoms with Gasteiger partial charge < -0.3 is 10.0 Å². The Bertz CT molecular complexity index is 305. The Kier molecular flexibility index (Phi) is 7.13. The SMILES string of the molecule is CN(C)c1cnccc1C(=O)O.Cl.Cl. The van der Waals surface area contributed by atoms with E-state index in [1.807, 2.05) is 0 Å². The Morgan fingerprint density at radius 3 is 2.36 bits per heavy atom. The lowest BCUT2D eigenvalue weighted by Crippen LogP contribution is -2.13. The molecular formula is C8H12Cl2N2O2. The van der Waals surface area contributed by atoms with E-state index in [0.717, 1.165) is 0 Å². The molecule has 14 heavy (non-hydrogen) atoms. The molecule has 4 nitrogen and oxygen atoms in total. The molecule has 0 aliphatic carbocycles. The number of anilines is 1. The predicted molar refractivity (Wildman–Crippen MR) is 60.0 cm³/mol. The van der Waals surface area contributed by atoms with Crippen molar-refractivity contribution in [1.29, 1.82) is 0 Å². The second-order valence-electron chi connectivity index (χ2n) is 2.59. The number of hydrogen-bond donors (Lipinski definition) is 1. The minimum absolute atomic E-state index is 0. The van der Waals surface area contributed by atoms with Crippen LogP contribution < -0.4 is 4.90 Å². The topological polar surface area (TPSA) is 53.4 Å². The predicted octanol–water partition coefficient (Wildman–Crippen LogP) is 1.69. The van der Waals surface area contributed by atoms with Gasteiger partial charge in [-0.05, 0) is 6.07 Å². The van der Waals surface area contributed by atoms with Crippen molar-refractivity contribution in [3.8, 4) is 0 Å². The molecule has 80 valence electrons. The number of carboxylic acid groups (broad SMARTS) is 1. The van der Waals surface area contributed by atoms with Crippen LogP contribution in [0.1, 0.15) is 10.4 Å². The third kappa shape index (κ3) is 3.40. The summed E-state index contributed by atoms with van der Waals surface area (Å²) in [5, 5.41) is 8.76. The van der Waals surface area contributed by atoms with Crippen LogP contribution in [0.25, 0.3) is 0 Å². The van der Waals surface area contributed by atoms with Gasteiger partial charge >= 0.3 is 5.97 Å². The monoisotopic (exact) mass is 238 g/mol. The quantitative estimate of drug-likeness (QED) is 0.853. The van der Waals surface area contributed by atoms with Gasteiger partial charge in [0.1, 0.15) is 0 Å². The molecule has 0 aliphatic heterocycles. The highest BCUT2D eigenvalue weighted by atomic mass is 35.5. The first-order valence-corrected chi connectivity index (χ1v) is 3.47. The van der Waals surface area contributed by atoms with Gasteiger partial charge in [0, 0.05) is 20.3 Å². The van der Waals surface area contributed by atoms with Gasteiger partial charge in [0.25, 0.3) is 0 Å². The summed E-state index contributed by atoms with van der Waals surface area (Å²) >= 11 is 0. The summed E-state index contributed by atoms with van der Waals surface area (Å²) in [6.45, 7) is 0. The molecule has 0 aromatic carbocycles. The Labute approximate surface area is 94.8 Å². The second-order valence-corrected chi connectivity index (χ2v) is 2.59. The van der Waals surface area contributed by atoms with Gasteiger partial charge in [0.15, 0.2) is 0 Å². The molecule has 6 heteroatoms. The first-order valence-electron chi connectivity index (χ1n) is 3.47. The number of halogens is 2. The van der Waals surface area contributed by atoms with Gasteiger partial charge in [-0.3, -0.25) is 4.98 Å². The summed E-state index contributed by atoms with van der Waals surface area (Å²) < 4.78 is 0. The van der Waals surface area contributed by atoms with Crippen LogP contribution in [0.3, 0.4) is 0 Å². The van der Waals surface area contributed by atoms with Crippen LogP contribution in [0, 0.1) is 0 Å². The molecule has 0 amide bonds. The zero-order valence-corrected chi connectivity index (χ0v) is 9.43. The van der Waals surface area contributed by atoms with E-state index in [2.05, 4.69) is 4.98 Å². The van der Waals surface area contributed by atoms with Crippen molar-refractivity contribution in [2.45, 2.75) is 0 Å². The first-order chi connectivity index (χ1) is 5.63. The third-order valence-corrected chi connectivity index (χ3v) is 1.51. The number of rotatable bonds is 2. The molecule has 1 aromatic heterocycles. The molecule has 0 unspecified atom stereocenters. The van der Waals surface area contributed by atoms with Crippen molar-refractivity contribution in [3.05, 3.63) is 24.0 Å². The maximum Gasteiger partial charge on any atom is 0.337 e. The van der Waals surface area contributed by atoms with E-state index in [9.17, 15) is 4.79 Å². The smallest absolute Gasteiger partial charge is 0.337 e. The summed E-state index contributed by atoms with van der Waals surface area (Å²) in [4.78, 5) is 16.2. The molecule has 0 bridgehead atoms. The zero-order valence-electron chi connectivity index (χ0n) is 7.80. The van der Waals surface area contributed by atoms with Crippen molar-refractivity contribution in [1.82, 2.24) is 4.98 Å². The standard InChI is InChI=1S/C8H10N2O2.2ClH/c1-10(2)7-5-9-4-3-6(7)8(11)12;;/h3-5H,1-2H3,(H,11,12);2*1H. The number of nitrogens with zero attached hydrogens (tertiary/aromatic N) is 2. The molecule has 0 saturated heterocycles. The van der Waals surface area contributed by atoms with Gasteiger partial charge in [-0.2, -0.15) is 0 Å². The molecular weight excluding hydrogens is 227 g/mol. The number of carbonyl (C=O) groups is 1. The molecule has 0 spiro atoms. The number of pyridine rings is 1. The average molecular weight is 239 g/mol. The summed E-state index contributed by atoms with van der Waals surface area (Å²) in [6, 6.07) is 1.48. The van der Waals surface area contributed by atoms with E-state index >= 15 is 0 Å². The second kappa shape index (κ2) is 6.45. The molecule has 1 aromatic rings. The fourth-order valence-corrected chi connectivity index (χ4v) is 0.923. The van der Waals surface area contributed by atoms with Gasteiger partial charge in [-0.1, -0.05) is 0 Å². The molecule has 1 N–H and O–H groups in total. The minimum Gasteiger partial charge on any atom is -0.478 e. The molecule has 0 aliphatic rings. The number of aromatic nitrogens is 1. The van der Waals surface area contributed by atoms with Gasteiger partial charge in [-0.25, -0.2) is 4.79 Å². The van der Waals surface area contributed by atoms with E-state index in [4.69, 9.17) is 5.11 Å². The fraction of sp³-hybridized carbons (Fsp3) is 0.250. The molecule has 0 atom stereocenters. The Morgan fingerprint density at radius 2 is 2.00 bits per heavy atom. The maximum atomic E-state index is 10.7. The molecule has 0 saturated carbocycles. The number of carboxylic acids is 1. The lowest BCUT2D eigenvalue weighted by atomic mass is 10.2. The van der Waals surface area contributed by atoms with Crippen molar-refractivity contribution in [3.63, 3.8) is 0 Å².